The van der Waals surface area contributed by atoms with Crippen LogP contribution in [0.15, 0.2) is 29.2 Å². The molecule has 0 aliphatic heterocycles. The zero-order chi connectivity index (χ0) is 14.6. The number of benzene rings is 1. The van der Waals surface area contributed by atoms with Crippen molar-refractivity contribution < 1.29 is 8.42 Å². The lowest BCUT2D eigenvalue weighted by atomic mass is 10.1. The van der Waals surface area contributed by atoms with Gasteiger partial charge in [0.2, 0.25) is 10.0 Å². The second-order valence-corrected chi connectivity index (χ2v) is 7.24. The molecule has 0 heterocycles. The molecule has 1 aliphatic carbocycles. The fourth-order valence-electron chi connectivity index (χ4n) is 2.90. The van der Waals surface area contributed by atoms with Gasteiger partial charge in [-0.25, -0.2) is 13.6 Å². The smallest absolute Gasteiger partial charge is 0.238 e. The molecule has 2 atom stereocenters. The molecular formula is C15H24N2O2S. The lowest BCUT2D eigenvalue weighted by Gasteiger charge is -2.12. The summed E-state index contributed by atoms with van der Waals surface area (Å²) >= 11 is 0. The van der Waals surface area contributed by atoms with E-state index in [9.17, 15) is 8.42 Å². The van der Waals surface area contributed by atoms with E-state index in [4.69, 9.17) is 5.14 Å². The van der Waals surface area contributed by atoms with Crippen LogP contribution in [-0.4, -0.2) is 21.0 Å². The topological polar surface area (TPSA) is 72.2 Å². The monoisotopic (exact) mass is 296 g/mol. The quantitative estimate of drug-likeness (QED) is 0.844. The van der Waals surface area contributed by atoms with Crippen LogP contribution >= 0.6 is 0 Å². The van der Waals surface area contributed by atoms with Gasteiger partial charge in [0, 0.05) is 6.04 Å². The molecular weight excluding hydrogens is 272 g/mol. The molecule has 1 aromatic carbocycles. The summed E-state index contributed by atoms with van der Waals surface area (Å²) < 4.78 is 22.3. The molecule has 2 unspecified atom stereocenters. The first-order chi connectivity index (χ1) is 9.49. The Kier molecular flexibility index (Phi) is 5.18. The predicted octanol–water partition coefficient (Wildman–Crippen LogP) is 2.04. The van der Waals surface area contributed by atoms with E-state index in [0.29, 0.717) is 6.04 Å². The molecule has 1 aliphatic rings. The van der Waals surface area contributed by atoms with Gasteiger partial charge in [0.25, 0.3) is 0 Å². The molecule has 2 rings (SSSR count). The zero-order valence-electron chi connectivity index (χ0n) is 12.0. The molecule has 0 bridgehead atoms. The maximum atomic E-state index is 11.2. The van der Waals surface area contributed by atoms with Gasteiger partial charge in [0.1, 0.15) is 0 Å². The predicted molar refractivity (Wildman–Crippen MR) is 80.9 cm³/mol. The number of rotatable bonds is 6. The Bertz CT molecular complexity index is 525. The first kappa shape index (κ1) is 15.5. The van der Waals surface area contributed by atoms with E-state index in [0.717, 1.165) is 24.4 Å². The average Bonchev–Trinajstić information content (AvgIpc) is 2.86. The Labute approximate surface area is 121 Å². The third-order valence-electron chi connectivity index (χ3n) is 4.22. The minimum atomic E-state index is -3.58. The van der Waals surface area contributed by atoms with Crippen LogP contribution in [0, 0.1) is 5.92 Å². The van der Waals surface area contributed by atoms with Crippen LogP contribution in [0.25, 0.3) is 0 Å². The first-order valence-corrected chi connectivity index (χ1v) is 8.88. The van der Waals surface area contributed by atoms with Crippen LogP contribution < -0.4 is 10.5 Å². The Balaban J connectivity index is 1.77. The summed E-state index contributed by atoms with van der Waals surface area (Å²) in [5, 5.41) is 8.67. The van der Waals surface area contributed by atoms with E-state index in [1.807, 2.05) is 12.1 Å². The maximum absolute atomic E-state index is 11.2. The van der Waals surface area contributed by atoms with Gasteiger partial charge in [-0.3, -0.25) is 0 Å². The summed E-state index contributed by atoms with van der Waals surface area (Å²) in [5.41, 5.74) is 1.13. The van der Waals surface area contributed by atoms with Gasteiger partial charge in [0.05, 0.1) is 4.90 Å². The van der Waals surface area contributed by atoms with E-state index in [2.05, 4.69) is 12.2 Å². The molecule has 0 amide bonds. The van der Waals surface area contributed by atoms with Gasteiger partial charge >= 0.3 is 0 Å². The Hall–Kier alpha value is -0.910. The minimum absolute atomic E-state index is 0.177. The van der Waals surface area contributed by atoms with Crippen LogP contribution in [0.4, 0.5) is 0 Å². The number of nitrogens with one attached hydrogen (secondary N) is 1. The maximum Gasteiger partial charge on any atom is 0.238 e. The van der Waals surface area contributed by atoms with E-state index in [-0.39, 0.29) is 4.90 Å². The molecule has 112 valence electrons. The number of nitrogens with two attached hydrogens (primary N) is 1. The van der Waals surface area contributed by atoms with E-state index >= 15 is 0 Å². The zero-order valence-corrected chi connectivity index (χ0v) is 12.8. The highest BCUT2D eigenvalue weighted by atomic mass is 32.2. The van der Waals surface area contributed by atoms with Gasteiger partial charge in [-0.2, -0.15) is 0 Å². The standard InChI is InChI=1S/C15H24N2O2S/c1-2-12-3-6-14(11-12)17-10-9-13-4-7-15(8-5-13)20(16,18)19/h4-5,7-8,12,14,17H,2-3,6,9-11H2,1H3,(H2,16,18,19). The summed E-state index contributed by atoms with van der Waals surface area (Å²) in [4.78, 5) is 0.177. The molecule has 1 aromatic rings. The van der Waals surface area contributed by atoms with Crippen molar-refractivity contribution in [1.29, 1.82) is 0 Å². The summed E-state index contributed by atoms with van der Waals surface area (Å²) in [5.74, 6) is 0.890. The summed E-state index contributed by atoms with van der Waals surface area (Å²) in [6, 6.07) is 7.49. The van der Waals surface area contributed by atoms with Crippen LogP contribution in [-0.2, 0) is 16.4 Å². The van der Waals surface area contributed by atoms with Crippen molar-refractivity contribution in [3.05, 3.63) is 29.8 Å². The summed E-state index contributed by atoms with van der Waals surface area (Å²) in [6.07, 6.45) is 6.12. The van der Waals surface area contributed by atoms with Gasteiger partial charge in [-0.15, -0.1) is 0 Å². The highest BCUT2D eigenvalue weighted by molar-refractivity contribution is 7.89. The second kappa shape index (κ2) is 6.70. The number of primary sulfonamides is 1. The van der Waals surface area contributed by atoms with Gasteiger partial charge in [0.15, 0.2) is 0 Å². The van der Waals surface area contributed by atoms with Crippen molar-refractivity contribution in [2.24, 2.45) is 11.1 Å². The van der Waals surface area contributed by atoms with E-state index in [1.54, 1.807) is 12.1 Å². The largest absolute Gasteiger partial charge is 0.314 e. The molecule has 5 heteroatoms. The molecule has 3 N–H and O–H groups in total. The molecule has 4 nitrogen and oxygen atoms in total. The normalized spacial score (nSPS) is 23.1. The SMILES string of the molecule is CCC1CCC(NCCc2ccc(S(N)(=O)=O)cc2)C1. The first-order valence-electron chi connectivity index (χ1n) is 7.34. The van der Waals surface area contributed by atoms with E-state index in [1.165, 1.54) is 25.7 Å². The molecule has 0 saturated heterocycles. The molecule has 1 saturated carbocycles. The van der Waals surface area contributed by atoms with Gasteiger partial charge in [-0.05, 0) is 55.8 Å². The Morgan fingerprint density at radius 2 is 1.95 bits per heavy atom. The van der Waals surface area contributed by atoms with E-state index < -0.39 is 10.0 Å². The van der Waals surface area contributed by atoms with Crippen molar-refractivity contribution in [2.75, 3.05) is 6.54 Å². The van der Waals surface area contributed by atoms with Crippen molar-refractivity contribution >= 4 is 10.0 Å². The second-order valence-electron chi connectivity index (χ2n) is 5.68. The lowest BCUT2D eigenvalue weighted by molar-refractivity contribution is 0.479. The third-order valence-corrected chi connectivity index (χ3v) is 5.15. The van der Waals surface area contributed by atoms with Crippen molar-refractivity contribution in [2.45, 2.75) is 50.0 Å². The lowest BCUT2D eigenvalue weighted by Crippen LogP contribution is -2.28. The summed E-state index contributed by atoms with van der Waals surface area (Å²) in [7, 11) is -3.58. The summed E-state index contributed by atoms with van der Waals surface area (Å²) in [6.45, 7) is 3.20. The van der Waals surface area contributed by atoms with Crippen molar-refractivity contribution in [1.82, 2.24) is 5.32 Å². The fourth-order valence-corrected chi connectivity index (χ4v) is 3.41. The average molecular weight is 296 g/mol. The van der Waals surface area contributed by atoms with Crippen LogP contribution in [0.3, 0.4) is 0 Å². The number of sulfonamides is 1. The van der Waals surface area contributed by atoms with Gasteiger partial charge in [-0.1, -0.05) is 25.5 Å². The fraction of sp³-hybridized carbons (Fsp3) is 0.600. The molecule has 20 heavy (non-hydrogen) atoms. The minimum Gasteiger partial charge on any atom is -0.314 e. The molecule has 0 radical (unpaired) electrons. The van der Waals surface area contributed by atoms with Crippen LogP contribution in [0.5, 0.6) is 0 Å². The molecule has 0 spiro atoms. The molecule has 1 fully saturated rings. The number of hydrogen-bond donors (Lipinski definition) is 2. The number of hydrogen-bond acceptors (Lipinski definition) is 3. The van der Waals surface area contributed by atoms with Gasteiger partial charge < -0.3 is 5.32 Å². The Morgan fingerprint density at radius 3 is 2.50 bits per heavy atom. The Morgan fingerprint density at radius 1 is 1.25 bits per heavy atom. The highest BCUT2D eigenvalue weighted by Crippen LogP contribution is 2.27. The van der Waals surface area contributed by atoms with Crippen molar-refractivity contribution in [3.63, 3.8) is 0 Å². The van der Waals surface area contributed by atoms with Crippen LogP contribution in [0.2, 0.25) is 0 Å². The third kappa shape index (κ3) is 4.30. The van der Waals surface area contributed by atoms with Crippen LogP contribution in [0.1, 0.15) is 38.2 Å². The molecule has 0 aromatic heterocycles. The van der Waals surface area contributed by atoms with Crippen molar-refractivity contribution in [3.8, 4) is 0 Å². The highest BCUT2D eigenvalue weighted by Gasteiger charge is 2.22.